The van der Waals surface area contributed by atoms with Crippen LogP contribution in [-0.2, 0) is 14.3 Å². The van der Waals surface area contributed by atoms with Crippen molar-refractivity contribution >= 4 is 11.9 Å². The van der Waals surface area contributed by atoms with E-state index in [0.717, 1.165) is 44.9 Å². The third kappa shape index (κ3) is 67.2. The van der Waals surface area contributed by atoms with Crippen LogP contribution in [0.15, 0.2) is 36.5 Å². The van der Waals surface area contributed by atoms with Gasteiger partial charge >= 0.3 is 5.97 Å². The fraction of sp³-hybridized carbons (Fsp3) is 0.895. The zero-order valence-electron chi connectivity index (χ0n) is 55.5. The van der Waals surface area contributed by atoms with Crippen molar-refractivity contribution in [3.8, 4) is 0 Å². The van der Waals surface area contributed by atoms with Gasteiger partial charge in [-0.25, -0.2) is 0 Å². The highest BCUT2D eigenvalue weighted by Crippen LogP contribution is 2.19. The van der Waals surface area contributed by atoms with E-state index < -0.39 is 12.1 Å². The van der Waals surface area contributed by atoms with Gasteiger partial charge in [0.2, 0.25) is 5.91 Å². The van der Waals surface area contributed by atoms with Gasteiger partial charge < -0.3 is 20.3 Å². The monoisotopic (exact) mass is 1150 g/mol. The maximum absolute atomic E-state index is 12.4. The summed E-state index contributed by atoms with van der Waals surface area (Å²) in [4.78, 5) is 24.6. The van der Waals surface area contributed by atoms with Gasteiger partial charge in [0.25, 0.3) is 0 Å². The highest BCUT2D eigenvalue weighted by Gasteiger charge is 2.20. The topological polar surface area (TPSA) is 95.9 Å². The molecular formula is C76H145NO5. The number of aliphatic hydroxyl groups excluding tert-OH is 2. The molecule has 0 bridgehead atoms. The van der Waals surface area contributed by atoms with E-state index in [2.05, 4.69) is 55.6 Å². The molecule has 0 aromatic heterocycles. The quantitative estimate of drug-likeness (QED) is 0.0320. The van der Waals surface area contributed by atoms with Gasteiger partial charge in [0.05, 0.1) is 25.4 Å². The summed E-state index contributed by atoms with van der Waals surface area (Å²) in [6.45, 7) is 4.96. The van der Waals surface area contributed by atoms with E-state index in [4.69, 9.17) is 4.74 Å². The Bertz CT molecular complexity index is 1330. The van der Waals surface area contributed by atoms with Crippen LogP contribution in [0.4, 0.5) is 0 Å². The summed E-state index contributed by atoms with van der Waals surface area (Å²) in [5.74, 6) is -0.0143. The smallest absolute Gasteiger partial charge is 0.305 e. The van der Waals surface area contributed by atoms with Crippen LogP contribution in [-0.4, -0.2) is 47.4 Å². The van der Waals surface area contributed by atoms with Crippen LogP contribution in [0.5, 0.6) is 0 Å². The Morgan fingerprint density at radius 3 is 0.939 bits per heavy atom. The van der Waals surface area contributed by atoms with Crippen molar-refractivity contribution in [2.75, 3.05) is 13.2 Å². The minimum absolute atomic E-state index is 0.0188. The number of unbranched alkanes of at least 4 members (excludes halogenated alkanes) is 53. The highest BCUT2D eigenvalue weighted by atomic mass is 16.5. The molecule has 2 atom stereocenters. The lowest BCUT2D eigenvalue weighted by molar-refractivity contribution is -0.143. The third-order valence-corrected chi connectivity index (χ3v) is 17.4. The average molecular weight is 1150 g/mol. The first-order valence-corrected chi connectivity index (χ1v) is 37.2. The lowest BCUT2D eigenvalue weighted by Gasteiger charge is -2.22. The van der Waals surface area contributed by atoms with Gasteiger partial charge in [-0.15, -0.1) is 0 Å². The normalized spacial score (nSPS) is 12.7. The number of esters is 1. The van der Waals surface area contributed by atoms with Crippen molar-refractivity contribution in [1.82, 2.24) is 5.32 Å². The van der Waals surface area contributed by atoms with Crippen molar-refractivity contribution in [3.63, 3.8) is 0 Å². The van der Waals surface area contributed by atoms with Gasteiger partial charge in [0, 0.05) is 12.8 Å². The number of aliphatic hydroxyl groups is 2. The predicted molar refractivity (Wildman–Crippen MR) is 361 cm³/mol. The Balaban J connectivity index is 3.32. The van der Waals surface area contributed by atoms with E-state index >= 15 is 0 Å². The number of hydrogen-bond donors (Lipinski definition) is 3. The van der Waals surface area contributed by atoms with Gasteiger partial charge in [-0.2, -0.15) is 0 Å². The second-order valence-electron chi connectivity index (χ2n) is 25.6. The number of hydrogen-bond acceptors (Lipinski definition) is 5. The third-order valence-electron chi connectivity index (χ3n) is 17.4. The number of amides is 1. The molecule has 0 aliphatic carbocycles. The molecule has 484 valence electrons. The van der Waals surface area contributed by atoms with E-state index in [0.29, 0.717) is 25.9 Å². The van der Waals surface area contributed by atoms with Crippen molar-refractivity contribution < 1.29 is 24.5 Å². The van der Waals surface area contributed by atoms with E-state index in [-0.39, 0.29) is 18.5 Å². The number of carbonyl (C=O) groups is 2. The molecule has 0 aliphatic heterocycles. The minimum atomic E-state index is -0.660. The van der Waals surface area contributed by atoms with Crippen LogP contribution < -0.4 is 5.32 Å². The van der Waals surface area contributed by atoms with Crippen LogP contribution in [0, 0.1) is 0 Å². The molecule has 0 fully saturated rings. The number of nitrogens with one attached hydrogen (secondary N) is 1. The van der Waals surface area contributed by atoms with Gasteiger partial charge in [-0.3, -0.25) is 9.59 Å². The molecule has 0 saturated carbocycles. The van der Waals surface area contributed by atoms with Crippen LogP contribution in [0.3, 0.4) is 0 Å². The Hall–Kier alpha value is -1.92. The molecule has 0 aromatic rings. The first-order valence-electron chi connectivity index (χ1n) is 37.2. The summed E-state index contributed by atoms with van der Waals surface area (Å²) >= 11 is 0. The fourth-order valence-corrected chi connectivity index (χ4v) is 11.7. The van der Waals surface area contributed by atoms with Crippen molar-refractivity contribution in [2.45, 2.75) is 424 Å². The first-order chi connectivity index (χ1) is 40.5. The molecule has 0 saturated heterocycles. The van der Waals surface area contributed by atoms with Crippen molar-refractivity contribution in [2.24, 2.45) is 0 Å². The van der Waals surface area contributed by atoms with Gasteiger partial charge in [-0.05, 0) is 83.5 Å². The second kappa shape index (κ2) is 71.6. The zero-order chi connectivity index (χ0) is 59.2. The summed E-state index contributed by atoms with van der Waals surface area (Å²) in [5, 5.41) is 23.2. The van der Waals surface area contributed by atoms with Crippen LogP contribution >= 0.6 is 0 Å². The zero-order valence-corrected chi connectivity index (χ0v) is 55.5. The maximum Gasteiger partial charge on any atom is 0.305 e. The number of carbonyl (C=O) groups excluding carboxylic acids is 2. The molecule has 0 radical (unpaired) electrons. The average Bonchev–Trinajstić information content (AvgIpc) is 3.48. The van der Waals surface area contributed by atoms with E-state index in [1.165, 1.54) is 334 Å². The van der Waals surface area contributed by atoms with Crippen LogP contribution in [0.25, 0.3) is 0 Å². The van der Waals surface area contributed by atoms with Gasteiger partial charge in [0.1, 0.15) is 0 Å². The lowest BCUT2D eigenvalue weighted by atomic mass is 10.0. The number of allylic oxidation sites excluding steroid dienone is 6. The molecule has 1 amide bonds. The summed E-state index contributed by atoms with van der Waals surface area (Å²) in [6, 6.07) is -0.537. The summed E-state index contributed by atoms with van der Waals surface area (Å²) < 4.78 is 5.51. The Kier molecular flexibility index (Phi) is 69.9. The van der Waals surface area contributed by atoms with E-state index in [1.807, 2.05) is 0 Å². The number of rotatable bonds is 70. The summed E-state index contributed by atoms with van der Waals surface area (Å²) in [5.41, 5.74) is 0. The molecule has 0 spiro atoms. The molecule has 0 heterocycles. The SMILES string of the molecule is CCCCCCCC/C=C\CCCCCCCCCCCC(=O)OCCCCCCCCCCCCCCC/C=C\C/C=C\CCCCCCCCCCCCCCCCCCCC(=O)NC(CO)C(O)CCCCCCCCCCC. The minimum Gasteiger partial charge on any atom is -0.466 e. The molecule has 3 N–H and O–H groups in total. The van der Waals surface area contributed by atoms with Crippen molar-refractivity contribution in [1.29, 1.82) is 0 Å². The van der Waals surface area contributed by atoms with Crippen molar-refractivity contribution in [3.05, 3.63) is 36.5 Å². The standard InChI is InChI=1S/C76H145NO5/c1-3-5-7-9-11-13-14-15-16-17-37-41-44-47-50-54-58-62-66-70-76(81)82-71-67-63-59-55-51-48-45-42-39-36-34-32-30-28-26-24-22-20-18-19-21-23-25-27-29-31-33-35-38-40-43-46-49-53-57-61-65-69-75(80)77-73(72-78)74(79)68-64-60-56-52-12-10-8-6-4-2/h15-16,18,20,24,26,73-74,78-79H,3-14,17,19,21-23,25,27-72H2,1-2H3,(H,77,80)/b16-15-,20-18-,26-24-. The largest absolute Gasteiger partial charge is 0.466 e. The van der Waals surface area contributed by atoms with Gasteiger partial charge in [0.15, 0.2) is 0 Å². The molecule has 0 rings (SSSR count). The predicted octanol–water partition coefficient (Wildman–Crippen LogP) is 24.3. The fourth-order valence-electron chi connectivity index (χ4n) is 11.7. The molecule has 6 nitrogen and oxygen atoms in total. The Labute approximate surface area is 513 Å². The Morgan fingerprint density at radius 2 is 0.610 bits per heavy atom. The second-order valence-corrected chi connectivity index (χ2v) is 25.6. The van der Waals surface area contributed by atoms with E-state index in [1.54, 1.807) is 0 Å². The summed E-state index contributed by atoms with van der Waals surface area (Å²) in [7, 11) is 0. The van der Waals surface area contributed by atoms with Gasteiger partial charge in [-0.1, -0.05) is 352 Å². The molecule has 2 unspecified atom stereocenters. The molecule has 82 heavy (non-hydrogen) atoms. The molecule has 0 aliphatic rings. The molecular weight excluding hydrogens is 1010 g/mol. The highest BCUT2D eigenvalue weighted by molar-refractivity contribution is 5.76. The first kappa shape index (κ1) is 80.1. The van der Waals surface area contributed by atoms with Crippen LogP contribution in [0.1, 0.15) is 412 Å². The molecule has 6 heteroatoms. The van der Waals surface area contributed by atoms with E-state index in [9.17, 15) is 19.8 Å². The number of ether oxygens (including phenoxy) is 1. The lowest BCUT2D eigenvalue weighted by Crippen LogP contribution is -2.45. The maximum atomic E-state index is 12.4. The molecule has 0 aromatic carbocycles. The Morgan fingerprint density at radius 1 is 0.341 bits per heavy atom. The summed E-state index contributed by atoms with van der Waals surface area (Å²) in [6.07, 6.45) is 92.4. The van der Waals surface area contributed by atoms with Crippen LogP contribution in [0.2, 0.25) is 0 Å².